The molecule has 17 nitrogen and oxygen atoms in total. The average molecular weight is 1450 g/mol. The molecule has 0 heterocycles. The molecular weight excluding hydrogens is 1290 g/mol. The smallest absolute Gasteiger partial charge is 0.462 e. The molecule has 0 amide bonds. The average Bonchev–Trinajstić information content (AvgIpc) is 1.37. The Morgan fingerprint density at radius 3 is 0.626 bits per heavy atom. The van der Waals surface area contributed by atoms with Crippen molar-refractivity contribution < 1.29 is 80.2 Å². The SMILES string of the molecule is CC(C)CCCCCCCCCCCCCCCCCC(=O)O[C@H](COC(=O)CCCCCCCCC(C)C)COP(=O)(O)OCC(O)COP(=O)(O)OC[C@@H](COC(=O)CCCCCCCCCCCCCCC(C)C)OC(=O)CCCCCCCCCCCCCCCCC(C)C. The minimum atomic E-state index is -4.96. The standard InChI is InChI=1S/C80H156O17P2/c1-70(2)56-48-40-32-26-20-14-10-9-11-16-24-30-36-46-54-63-80(85)97-76(67-91-78(83)61-53-45-39-38-43-51-59-73(7)8)69-95-99(88,89)93-65-74(81)64-92-98(86,87)94-68-75(66-90-77(82)60-52-44-35-29-23-19-18-22-28-34-42-50-58-72(5)6)96-79(84)62-55-47-37-31-25-17-13-12-15-21-27-33-41-49-57-71(3)4/h70-76,81H,9-69H2,1-8H3,(H,86,87)(H,88,89)/t74?,75-,76-/m1/s1. The number of carbonyl (C=O) groups excluding carboxylic acids is 4. The number of rotatable bonds is 77. The molecule has 0 aliphatic rings. The number of phosphoric acid groups is 2. The first-order valence-electron chi connectivity index (χ1n) is 41.2. The molecule has 0 aromatic heterocycles. The Balaban J connectivity index is 5.23. The van der Waals surface area contributed by atoms with Crippen LogP contribution in [0.3, 0.4) is 0 Å². The lowest BCUT2D eigenvalue weighted by molar-refractivity contribution is -0.161. The molecule has 0 bridgehead atoms. The van der Waals surface area contributed by atoms with Crippen LogP contribution in [0.25, 0.3) is 0 Å². The highest BCUT2D eigenvalue weighted by atomic mass is 31.2. The van der Waals surface area contributed by atoms with E-state index in [-0.39, 0.29) is 25.7 Å². The van der Waals surface area contributed by atoms with Crippen LogP contribution in [-0.4, -0.2) is 96.7 Å². The summed E-state index contributed by atoms with van der Waals surface area (Å²) in [4.78, 5) is 73.0. The van der Waals surface area contributed by atoms with Gasteiger partial charge in [0.15, 0.2) is 12.2 Å². The first-order chi connectivity index (χ1) is 47.6. The summed E-state index contributed by atoms with van der Waals surface area (Å²) in [5.74, 6) is 0.942. The molecule has 3 unspecified atom stereocenters. The fraction of sp³-hybridized carbons (Fsp3) is 0.950. The molecule has 0 aromatic rings. The predicted molar refractivity (Wildman–Crippen MR) is 404 cm³/mol. The van der Waals surface area contributed by atoms with E-state index in [1.165, 1.54) is 205 Å². The molecule has 588 valence electrons. The number of hydrogen-bond acceptors (Lipinski definition) is 15. The van der Waals surface area contributed by atoms with Gasteiger partial charge < -0.3 is 33.8 Å². The molecule has 0 aliphatic heterocycles. The summed E-state index contributed by atoms with van der Waals surface area (Å²) in [7, 11) is -9.92. The van der Waals surface area contributed by atoms with Crippen LogP contribution < -0.4 is 0 Å². The maximum Gasteiger partial charge on any atom is 0.472 e. The van der Waals surface area contributed by atoms with Gasteiger partial charge in [-0.05, 0) is 49.4 Å². The van der Waals surface area contributed by atoms with Gasteiger partial charge in [-0.2, -0.15) is 0 Å². The van der Waals surface area contributed by atoms with E-state index in [4.69, 9.17) is 37.0 Å². The number of hydrogen-bond donors (Lipinski definition) is 3. The summed E-state index contributed by atoms with van der Waals surface area (Å²) in [6, 6.07) is 0. The highest BCUT2D eigenvalue weighted by Crippen LogP contribution is 2.45. The van der Waals surface area contributed by atoms with E-state index >= 15 is 0 Å². The van der Waals surface area contributed by atoms with Crippen molar-refractivity contribution >= 4 is 39.5 Å². The van der Waals surface area contributed by atoms with Crippen LogP contribution in [0.1, 0.15) is 409 Å². The summed E-state index contributed by atoms with van der Waals surface area (Å²) in [5, 5.41) is 10.6. The zero-order valence-corrected chi connectivity index (χ0v) is 66.9. The molecule has 0 radical (unpaired) electrons. The van der Waals surface area contributed by atoms with E-state index in [1.54, 1.807) is 0 Å². The molecule has 3 N–H and O–H groups in total. The fourth-order valence-electron chi connectivity index (χ4n) is 12.3. The van der Waals surface area contributed by atoms with Gasteiger partial charge >= 0.3 is 39.5 Å². The molecule has 0 saturated heterocycles. The van der Waals surface area contributed by atoms with Gasteiger partial charge in [0, 0.05) is 25.7 Å². The summed E-state index contributed by atoms with van der Waals surface area (Å²) < 4.78 is 68.7. The fourth-order valence-corrected chi connectivity index (χ4v) is 13.8. The normalized spacial score (nSPS) is 14.1. The Morgan fingerprint density at radius 2 is 0.424 bits per heavy atom. The summed E-state index contributed by atoms with van der Waals surface area (Å²) >= 11 is 0. The van der Waals surface area contributed by atoms with E-state index in [0.717, 1.165) is 114 Å². The second-order valence-electron chi connectivity index (χ2n) is 30.7. The molecule has 0 spiro atoms. The van der Waals surface area contributed by atoms with Crippen molar-refractivity contribution in [3.05, 3.63) is 0 Å². The van der Waals surface area contributed by atoms with Crippen molar-refractivity contribution in [1.29, 1.82) is 0 Å². The van der Waals surface area contributed by atoms with Gasteiger partial charge in [0.2, 0.25) is 0 Å². The zero-order chi connectivity index (χ0) is 73.1. The van der Waals surface area contributed by atoms with E-state index in [1.807, 2.05) is 0 Å². The van der Waals surface area contributed by atoms with Crippen molar-refractivity contribution in [3.8, 4) is 0 Å². The summed E-state index contributed by atoms with van der Waals surface area (Å²) in [5.41, 5.74) is 0. The second-order valence-corrected chi connectivity index (χ2v) is 33.6. The van der Waals surface area contributed by atoms with E-state index in [9.17, 15) is 43.2 Å². The summed E-state index contributed by atoms with van der Waals surface area (Å²) in [6.07, 6.45) is 55.6. The van der Waals surface area contributed by atoms with Gasteiger partial charge in [-0.15, -0.1) is 0 Å². The van der Waals surface area contributed by atoms with Crippen LogP contribution in [0, 0.1) is 23.7 Å². The number of carbonyl (C=O) groups is 4. The maximum absolute atomic E-state index is 13.1. The zero-order valence-electron chi connectivity index (χ0n) is 65.1. The Kier molecular flexibility index (Phi) is 67.8. The third-order valence-corrected chi connectivity index (χ3v) is 20.5. The number of phosphoric ester groups is 2. The monoisotopic (exact) mass is 1450 g/mol. The van der Waals surface area contributed by atoms with Crippen LogP contribution in [-0.2, 0) is 65.4 Å². The first-order valence-corrected chi connectivity index (χ1v) is 44.2. The maximum atomic E-state index is 13.1. The second kappa shape index (κ2) is 69.1. The number of aliphatic hydroxyl groups excluding tert-OH is 1. The molecule has 0 fully saturated rings. The lowest BCUT2D eigenvalue weighted by atomic mass is 10.0. The highest BCUT2D eigenvalue weighted by Gasteiger charge is 2.30. The lowest BCUT2D eigenvalue weighted by Gasteiger charge is -2.21. The predicted octanol–water partition coefficient (Wildman–Crippen LogP) is 23.6. The lowest BCUT2D eigenvalue weighted by Crippen LogP contribution is -2.30. The molecule has 0 aliphatic carbocycles. The van der Waals surface area contributed by atoms with Crippen molar-refractivity contribution in [1.82, 2.24) is 0 Å². The third kappa shape index (κ3) is 74.1. The van der Waals surface area contributed by atoms with Crippen molar-refractivity contribution in [2.24, 2.45) is 23.7 Å². The molecule has 0 aromatic carbocycles. The van der Waals surface area contributed by atoms with Crippen molar-refractivity contribution in [2.75, 3.05) is 39.6 Å². The molecule has 0 saturated carbocycles. The topological polar surface area (TPSA) is 237 Å². The third-order valence-electron chi connectivity index (χ3n) is 18.6. The minimum absolute atomic E-state index is 0.106. The number of aliphatic hydroxyl groups is 1. The number of ether oxygens (including phenoxy) is 4. The van der Waals surface area contributed by atoms with Crippen LogP contribution >= 0.6 is 15.6 Å². The van der Waals surface area contributed by atoms with Crippen LogP contribution in [0.2, 0.25) is 0 Å². The molecule has 99 heavy (non-hydrogen) atoms. The first kappa shape index (κ1) is 97.1. The summed E-state index contributed by atoms with van der Waals surface area (Å²) in [6.45, 7) is 14.2. The van der Waals surface area contributed by atoms with E-state index in [0.29, 0.717) is 31.6 Å². The van der Waals surface area contributed by atoms with Crippen molar-refractivity contribution in [2.45, 2.75) is 427 Å². The molecule has 19 heteroatoms. The van der Waals surface area contributed by atoms with Crippen LogP contribution in [0.5, 0.6) is 0 Å². The number of esters is 4. The molecular formula is C80H156O17P2. The van der Waals surface area contributed by atoms with E-state index in [2.05, 4.69) is 55.4 Å². The van der Waals surface area contributed by atoms with E-state index < -0.39 is 97.5 Å². The van der Waals surface area contributed by atoms with Crippen LogP contribution in [0.15, 0.2) is 0 Å². The highest BCUT2D eigenvalue weighted by molar-refractivity contribution is 7.47. The van der Waals surface area contributed by atoms with Crippen LogP contribution in [0.4, 0.5) is 0 Å². The van der Waals surface area contributed by atoms with Gasteiger partial charge in [0.05, 0.1) is 26.4 Å². The minimum Gasteiger partial charge on any atom is -0.462 e. The largest absolute Gasteiger partial charge is 0.472 e. The van der Waals surface area contributed by atoms with Crippen molar-refractivity contribution in [3.63, 3.8) is 0 Å². The van der Waals surface area contributed by atoms with Gasteiger partial charge in [-0.3, -0.25) is 37.3 Å². The Bertz CT molecular complexity index is 1940. The molecule has 5 atom stereocenters. The number of unbranched alkanes of at least 4 members (excludes halogenated alkanes) is 43. The van der Waals surface area contributed by atoms with Gasteiger partial charge in [0.25, 0.3) is 0 Å². The Hall–Kier alpha value is -1.94. The van der Waals surface area contributed by atoms with Gasteiger partial charge in [-0.1, -0.05) is 357 Å². The Labute approximate surface area is 607 Å². The molecule has 0 rings (SSSR count). The quantitative estimate of drug-likeness (QED) is 0.0222. The van der Waals surface area contributed by atoms with Gasteiger partial charge in [0.1, 0.15) is 19.3 Å². The Morgan fingerprint density at radius 1 is 0.253 bits per heavy atom. The van der Waals surface area contributed by atoms with Gasteiger partial charge in [-0.25, -0.2) is 9.13 Å².